The zero-order valence-electron chi connectivity index (χ0n) is 6.32. The van der Waals surface area contributed by atoms with Crippen molar-refractivity contribution in [1.82, 2.24) is 0 Å². The minimum absolute atomic E-state index is 0.211. The number of carbonyl (C=O) groups is 1. The Bertz CT molecular complexity index is 151. The Morgan fingerprint density at radius 1 is 1.73 bits per heavy atom. The molecule has 3 nitrogen and oxygen atoms in total. The molecule has 2 unspecified atom stereocenters. The molecule has 3 N–H and O–H groups in total. The predicted octanol–water partition coefficient (Wildman–Crippen LogP) is 0.542. The zero-order valence-corrected chi connectivity index (χ0v) is 7.14. The number of carboxylic acids is 1. The molecule has 4 heteroatoms. The van der Waals surface area contributed by atoms with Crippen molar-refractivity contribution < 1.29 is 9.90 Å². The average Bonchev–Trinajstić information content (AvgIpc) is 2.05. The summed E-state index contributed by atoms with van der Waals surface area (Å²) in [6.45, 7) is 0.629. The third-order valence-electron chi connectivity index (χ3n) is 2.00. The topological polar surface area (TPSA) is 63.3 Å². The molecule has 2 atom stereocenters. The van der Waals surface area contributed by atoms with Crippen LogP contribution >= 0.6 is 11.8 Å². The van der Waals surface area contributed by atoms with Gasteiger partial charge in [0.2, 0.25) is 0 Å². The van der Waals surface area contributed by atoms with E-state index in [-0.39, 0.29) is 5.25 Å². The Morgan fingerprint density at radius 2 is 2.45 bits per heavy atom. The average molecular weight is 175 g/mol. The molecular weight excluding hydrogens is 162 g/mol. The molecular formula is C7H13NO2S. The maximum absolute atomic E-state index is 10.6. The third-order valence-corrected chi connectivity index (χ3v) is 3.27. The summed E-state index contributed by atoms with van der Waals surface area (Å²) in [5, 5.41) is 8.48. The van der Waals surface area contributed by atoms with Crippen molar-refractivity contribution >= 4 is 17.7 Å². The highest BCUT2D eigenvalue weighted by Crippen LogP contribution is 2.28. The van der Waals surface area contributed by atoms with Crippen molar-refractivity contribution in [3.05, 3.63) is 0 Å². The van der Waals surface area contributed by atoms with Crippen LogP contribution in [-0.2, 0) is 4.79 Å². The summed E-state index contributed by atoms with van der Waals surface area (Å²) in [4.78, 5) is 10.6. The van der Waals surface area contributed by atoms with Gasteiger partial charge in [0.15, 0.2) is 0 Å². The molecule has 1 aliphatic heterocycles. The van der Waals surface area contributed by atoms with Gasteiger partial charge < -0.3 is 10.8 Å². The summed E-state index contributed by atoms with van der Waals surface area (Å²) in [5.74, 6) is 0.684. The van der Waals surface area contributed by atoms with Crippen molar-refractivity contribution in [2.24, 2.45) is 11.7 Å². The fourth-order valence-electron chi connectivity index (χ4n) is 1.25. The maximum Gasteiger partial charge on any atom is 0.316 e. The highest BCUT2D eigenvalue weighted by atomic mass is 32.2. The van der Waals surface area contributed by atoms with Crippen LogP contribution in [0.1, 0.15) is 12.8 Å². The number of rotatable bonds is 2. The first-order valence-electron chi connectivity index (χ1n) is 3.78. The van der Waals surface area contributed by atoms with Crippen molar-refractivity contribution in [1.29, 1.82) is 0 Å². The van der Waals surface area contributed by atoms with Crippen molar-refractivity contribution in [3.8, 4) is 0 Å². The van der Waals surface area contributed by atoms with Crippen LogP contribution in [-0.4, -0.2) is 28.6 Å². The minimum Gasteiger partial charge on any atom is -0.480 e. The van der Waals surface area contributed by atoms with Crippen molar-refractivity contribution in [2.45, 2.75) is 18.1 Å². The van der Waals surface area contributed by atoms with E-state index in [0.717, 1.165) is 18.6 Å². The summed E-state index contributed by atoms with van der Waals surface area (Å²) in [6.07, 6.45) is 1.82. The second-order valence-electron chi connectivity index (χ2n) is 2.82. The number of aliphatic carboxylic acids is 1. The minimum atomic E-state index is -0.687. The second kappa shape index (κ2) is 3.97. The lowest BCUT2D eigenvalue weighted by atomic mass is 10.00. The normalized spacial score (nSPS) is 31.7. The van der Waals surface area contributed by atoms with Gasteiger partial charge in [-0.3, -0.25) is 4.79 Å². The van der Waals surface area contributed by atoms with Crippen molar-refractivity contribution in [2.75, 3.05) is 12.3 Å². The van der Waals surface area contributed by atoms with Crippen LogP contribution in [0.4, 0.5) is 0 Å². The van der Waals surface area contributed by atoms with E-state index < -0.39 is 5.97 Å². The van der Waals surface area contributed by atoms with E-state index in [0.29, 0.717) is 12.5 Å². The van der Waals surface area contributed by atoms with Crippen molar-refractivity contribution in [3.63, 3.8) is 0 Å². The molecule has 0 aromatic heterocycles. The summed E-state index contributed by atoms with van der Waals surface area (Å²) in [6, 6.07) is 0. The molecule has 1 saturated heterocycles. The second-order valence-corrected chi connectivity index (χ2v) is 4.13. The van der Waals surface area contributed by atoms with Gasteiger partial charge in [-0.05, 0) is 31.1 Å². The van der Waals surface area contributed by atoms with Crippen LogP contribution in [0, 0.1) is 5.92 Å². The molecule has 1 fully saturated rings. The molecule has 0 amide bonds. The number of hydrogen-bond donors (Lipinski definition) is 2. The van der Waals surface area contributed by atoms with Gasteiger partial charge in [0.1, 0.15) is 5.25 Å². The smallest absolute Gasteiger partial charge is 0.316 e. The first-order valence-corrected chi connectivity index (χ1v) is 4.83. The molecule has 1 aliphatic rings. The fraction of sp³-hybridized carbons (Fsp3) is 0.857. The summed E-state index contributed by atoms with van der Waals surface area (Å²) < 4.78 is 0. The molecule has 1 rings (SSSR count). The zero-order chi connectivity index (χ0) is 8.27. The molecule has 1 heterocycles. The van der Waals surface area contributed by atoms with Crippen LogP contribution in [0.2, 0.25) is 0 Å². The van der Waals surface area contributed by atoms with E-state index in [4.69, 9.17) is 10.8 Å². The highest BCUT2D eigenvalue weighted by molar-refractivity contribution is 8.00. The van der Waals surface area contributed by atoms with Gasteiger partial charge in [-0.2, -0.15) is 0 Å². The number of nitrogens with two attached hydrogens (primary N) is 1. The Kier molecular flexibility index (Phi) is 3.20. The van der Waals surface area contributed by atoms with Gasteiger partial charge in [-0.1, -0.05) is 0 Å². The number of carboxylic acid groups (broad SMARTS) is 1. The van der Waals surface area contributed by atoms with Crippen LogP contribution < -0.4 is 5.73 Å². The standard InChI is InChI=1S/C7H13NO2S/c8-4-5-1-2-11-6(3-5)7(9)10/h5-6H,1-4,8H2,(H,9,10). The summed E-state index contributed by atoms with van der Waals surface area (Å²) >= 11 is 1.54. The van der Waals surface area contributed by atoms with E-state index in [9.17, 15) is 4.79 Å². The molecule has 0 saturated carbocycles. The lowest BCUT2D eigenvalue weighted by molar-refractivity contribution is -0.136. The van der Waals surface area contributed by atoms with E-state index in [2.05, 4.69) is 0 Å². The molecule has 0 aromatic carbocycles. The van der Waals surface area contributed by atoms with E-state index in [1.807, 2.05) is 0 Å². The SMILES string of the molecule is NCC1CCSC(C(=O)O)C1. The third kappa shape index (κ3) is 2.38. The van der Waals surface area contributed by atoms with Crippen LogP contribution in [0.15, 0.2) is 0 Å². The number of hydrogen-bond acceptors (Lipinski definition) is 3. The van der Waals surface area contributed by atoms with Gasteiger partial charge in [-0.15, -0.1) is 11.8 Å². The van der Waals surface area contributed by atoms with E-state index >= 15 is 0 Å². The van der Waals surface area contributed by atoms with Crippen LogP contribution in [0.25, 0.3) is 0 Å². The predicted molar refractivity (Wildman–Crippen MR) is 45.7 cm³/mol. The Labute approximate surface area is 70.3 Å². The van der Waals surface area contributed by atoms with E-state index in [1.165, 1.54) is 11.8 Å². The Morgan fingerprint density at radius 3 is 3.00 bits per heavy atom. The molecule has 0 aromatic rings. The fourth-order valence-corrected chi connectivity index (χ4v) is 2.56. The van der Waals surface area contributed by atoms with Gasteiger partial charge in [-0.25, -0.2) is 0 Å². The summed E-state index contributed by atoms with van der Waals surface area (Å²) in [5.41, 5.74) is 5.46. The molecule has 0 bridgehead atoms. The first kappa shape index (κ1) is 8.87. The van der Waals surface area contributed by atoms with Gasteiger partial charge >= 0.3 is 5.97 Å². The Hall–Kier alpha value is -0.220. The summed E-state index contributed by atoms with van der Waals surface area (Å²) in [7, 11) is 0. The van der Waals surface area contributed by atoms with Gasteiger partial charge in [0.25, 0.3) is 0 Å². The molecule has 0 radical (unpaired) electrons. The largest absolute Gasteiger partial charge is 0.480 e. The van der Waals surface area contributed by atoms with Gasteiger partial charge in [0.05, 0.1) is 0 Å². The molecule has 0 aliphatic carbocycles. The van der Waals surface area contributed by atoms with Crippen LogP contribution in [0.3, 0.4) is 0 Å². The lowest BCUT2D eigenvalue weighted by Crippen LogP contribution is -2.29. The number of thioether (sulfide) groups is 1. The van der Waals surface area contributed by atoms with E-state index in [1.54, 1.807) is 0 Å². The highest BCUT2D eigenvalue weighted by Gasteiger charge is 2.26. The molecule has 64 valence electrons. The molecule has 0 spiro atoms. The Balaban J connectivity index is 2.39. The molecule has 11 heavy (non-hydrogen) atoms. The van der Waals surface area contributed by atoms with Crippen LogP contribution in [0.5, 0.6) is 0 Å². The quantitative estimate of drug-likeness (QED) is 0.643. The maximum atomic E-state index is 10.6. The van der Waals surface area contributed by atoms with Gasteiger partial charge in [0, 0.05) is 0 Å². The lowest BCUT2D eigenvalue weighted by Gasteiger charge is -2.24. The first-order chi connectivity index (χ1) is 5.24. The monoisotopic (exact) mass is 175 g/mol.